The maximum Gasteiger partial charge on any atom is 0.301 e. The molecule has 2 heterocycles. The molecule has 1 aromatic carbocycles. The average molecular weight is 336 g/mol. The zero-order chi connectivity index (χ0) is 16.3. The number of fused-ring (bicyclic) bond motifs is 1. The second kappa shape index (κ2) is 6.69. The van der Waals surface area contributed by atoms with Crippen molar-refractivity contribution in [1.29, 1.82) is 0 Å². The summed E-state index contributed by atoms with van der Waals surface area (Å²) in [6.07, 6.45) is 4.37. The molecule has 1 N–H and O–H groups in total. The van der Waals surface area contributed by atoms with Gasteiger partial charge in [-0.3, -0.25) is 9.40 Å². The van der Waals surface area contributed by atoms with Gasteiger partial charge >= 0.3 is 10.2 Å². The van der Waals surface area contributed by atoms with Gasteiger partial charge in [0, 0.05) is 31.3 Å². The number of hydrogen-bond donors (Lipinski definition) is 1. The van der Waals surface area contributed by atoms with Gasteiger partial charge in [-0.05, 0) is 24.6 Å². The van der Waals surface area contributed by atoms with E-state index < -0.39 is 10.2 Å². The molecule has 0 amide bonds. The summed E-state index contributed by atoms with van der Waals surface area (Å²) in [5.74, 6) is 0. The van der Waals surface area contributed by atoms with Crippen LogP contribution in [0.5, 0.6) is 0 Å². The van der Waals surface area contributed by atoms with Crippen LogP contribution in [-0.4, -0.2) is 48.8 Å². The van der Waals surface area contributed by atoms with Crippen LogP contribution in [-0.2, 0) is 21.5 Å². The molecule has 0 radical (unpaired) electrons. The number of anilines is 1. The van der Waals surface area contributed by atoms with Crippen LogP contribution in [0.4, 0.5) is 5.69 Å². The van der Waals surface area contributed by atoms with Crippen LogP contribution < -0.4 is 4.72 Å². The molecule has 0 saturated carbocycles. The maximum absolute atomic E-state index is 12.5. The Morgan fingerprint density at radius 1 is 1.35 bits per heavy atom. The molecule has 1 aliphatic heterocycles. The van der Waals surface area contributed by atoms with Crippen LogP contribution in [0.15, 0.2) is 37.1 Å². The lowest BCUT2D eigenvalue weighted by atomic mass is 10.2. The molecule has 0 unspecified atom stereocenters. The largest absolute Gasteiger partial charge is 0.380 e. The third-order valence-corrected chi connectivity index (χ3v) is 5.18. The van der Waals surface area contributed by atoms with E-state index in [1.807, 2.05) is 12.3 Å². The predicted octanol–water partition coefficient (Wildman–Crippen LogP) is 1.60. The molecular weight excluding hydrogens is 316 g/mol. The standard InChI is InChI=1S/C15H20N4O3S/c1-2-6-18-12-13-4-5-14(11-15(13)16-18)17-23(20,21)19-7-3-9-22-10-8-19/h2,4-5,11-12,17H,1,3,6-10H2. The minimum atomic E-state index is -3.58. The molecule has 3 rings (SSSR count). The summed E-state index contributed by atoms with van der Waals surface area (Å²) in [4.78, 5) is 0. The van der Waals surface area contributed by atoms with Crippen LogP contribution in [0.25, 0.3) is 10.9 Å². The third kappa shape index (κ3) is 3.72. The summed E-state index contributed by atoms with van der Waals surface area (Å²) in [7, 11) is -3.58. The maximum atomic E-state index is 12.5. The molecule has 8 heteroatoms. The molecule has 2 aromatic rings. The summed E-state index contributed by atoms with van der Waals surface area (Å²) in [5.41, 5.74) is 1.25. The lowest BCUT2D eigenvalue weighted by molar-refractivity contribution is 0.148. The fraction of sp³-hybridized carbons (Fsp3) is 0.400. The normalized spacial score (nSPS) is 17.0. The Labute approximate surface area is 135 Å². The number of nitrogens with one attached hydrogen (secondary N) is 1. The lowest BCUT2D eigenvalue weighted by Crippen LogP contribution is -2.37. The minimum absolute atomic E-state index is 0.367. The van der Waals surface area contributed by atoms with E-state index in [0.29, 0.717) is 45.0 Å². The van der Waals surface area contributed by atoms with Gasteiger partial charge in [-0.15, -0.1) is 6.58 Å². The van der Waals surface area contributed by atoms with Crippen molar-refractivity contribution < 1.29 is 13.2 Å². The Balaban J connectivity index is 1.80. The molecule has 124 valence electrons. The smallest absolute Gasteiger partial charge is 0.301 e. The average Bonchev–Trinajstić information content (AvgIpc) is 2.72. The second-order valence-electron chi connectivity index (χ2n) is 5.39. The Morgan fingerprint density at radius 3 is 3.04 bits per heavy atom. The first-order valence-corrected chi connectivity index (χ1v) is 8.96. The first-order valence-electron chi connectivity index (χ1n) is 7.52. The van der Waals surface area contributed by atoms with Crippen molar-refractivity contribution >= 4 is 26.8 Å². The van der Waals surface area contributed by atoms with Crippen molar-refractivity contribution in [2.24, 2.45) is 0 Å². The Morgan fingerprint density at radius 2 is 2.22 bits per heavy atom. The van der Waals surface area contributed by atoms with Crippen LogP contribution >= 0.6 is 0 Å². The topological polar surface area (TPSA) is 76.5 Å². The van der Waals surface area contributed by atoms with Crippen molar-refractivity contribution in [3.05, 3.63) is 37.1 Å². The third-order valence-electron chi connectivity index (χ3n) is 3.64. The molecule has 1 saturated heterocycles. The van der Waals surface area contributed by atoms with Gasteiger partial charge in [-0.1, -0.05) is 6.08 Å². The zero-order valence-electron chi connectivity index (χ0n) is 12.8. The van der Waals surface area contributed by atoms with Gasteiger partial charge in [0.15, 0.2) is 0 Å². The van der Waals surface area contributed by atoms with Crippen molar-refractivity contribution in [3.8, 4) is 0 Å². The summed E-state index contributed by atoms with van der Waals surface area (Å²) in [6.45, 7) is 6.15. The molecular formula is C15H20N4O3S. The van der Waals surface area contributed by atoms with Crippen LogP contribution in [0, 0.1) is 0 Å². The van der Waals surface area contributed by atoms with Crippen molar-refractivity contribution in [2.45, 2.75) is 13.0 Å². The second-order valence-corrected chi connectivity index (χ2v) is 7.06. The van der Waals surface area contributed by atoms with E-state index in [1.54, 1.807) is 22.9 Å². The molecule has 7 nitrogen and oxygen atoms in total. The quantitative estimate of drug-likeness (QED) is 0.842. The van der Waals surface area contributed by atoms with Crippen LogP contribution in [0.3, 0.4) is 0 Å². The zero-order valence-corrected chi connectivity index (χ0v) is 13.6. The van der Waals surface area contributed by atoms with E-state index in [2.05, 4.69) is 16.4 Å². The predicted molar refractivity (Wildman–Crippen MR) is 89.5 cm³/mol. The van der Waals surface area contributed by atoms with Crippen molar-refractivity contribution in [3.63, 3.8) is 0 Å². The van der Waals surface area contributed by atoms with Crippen molar-refractivity contribution in [2.75, 3.05) is 31.0 Å². The van der Waals surface area contributed by atoms with Gasteiger partial charge in [-0.2, -0.15) is 17.8 Å². The summed E-state index contributed by atoms with van der Waals surface area (Å²) in [5, 5.41) is 5.35. The van der Waals surface area contributed by atoms with E-state index in [1.165, 1.54) is 4.31 Å². The molecule has 0 aliphatic carbocycles. The van der Waals surface area contributed by atoms with Gasteiger partial charge in [0.2, 0.25) is 0 Å². The molecule has 0 bridgehead atoms. The highest BCUT2D eigenvalue weighted by atomic mass is 32.2. The van der Waals surface area contributed by atoms with Crippen LogP contribution in [0.2, 0.25) is 0 Å². The number of allylic oxidation sites excluding steroid dienone is 1. The van der Waals surface area contributed by atoms with E-state index in [0.717, 1.165) is 10.9 Å². The molecule has 23 heavy (non-hydrogen) atoms. The molecule has 0 spiro atoms. The molecule has 1 aromatic heterocycles. The highest BCUT2D eigenvalue weighted by molar-refractivity contribution is 7.90. The fourth-order valence-corrected chi connectivity index (χ4v) is 3.77. The number of ether oxygens (including phenoxy) is 1. The van der Waals surface area contributed by atoms with E-state index in [4.69, 9.17) is 4.74 Å². The van der Waals surface area contributed by atoms with E-state index in [9.17, 15) is 8.42 Å². The monoisotopic (exact) mass is 336 g/mol. The van der Waals surface area contributed by atoms with Gasteiger partial charge < -0.3 is 4.74 Å². The number of nitrogens with zero attached hydrogens (tertiary/aromatic N) is 3. The Bertz CT molecular complexity index is 792. The van der Waals surface area contributed by atoms with Crippen molar-refractivity contribution in [1.82, 2.24) is 14.1 Å². The summed E-state index contributed by atoms with van der Waals surface area (Å²) >= 11 is 0. The van der Waals surface area contributed by atoms with E-state index >= 15 is 0 Å². The number of benzene rings is 1. The van der Waals surface area contributed by atoms with Gasteiger partial charge in [0.25, 0.3) is 0 Å². The van der Waals surface area contributed by atoms with E-state index in [-0.39, 0.29) is 0 Å². The first kappa shape index (κ1) is 16.0. The fourth-order valence-electron chi connectivity index (χ4n) is 2.53. The number of hydrogen-bond acceptors (Lipinski definition) is 4. The van der Waals surface area contributed by atoms with Gasteiger partial charge in [-0.25, -0.2) is 0 Å². The summed E-state index contributed by atoms with van der Waals surface area (Å²) in [6, 6.07) is 5.33. The van der Waals surface area contributed by atoms with Crippen LogP contribution in [0.1, 0.15) is 6.42 Å². The molecule has 1 aliphatic rings. The number of rotatable bonds is 5. The Kier molecular flexibility index (Phi) is 4.65. The van der Waals surface area contributed by atoms with Gasteiger partial charge in [0.1, 0.15) is 0 Å². The number of aromatic nitrogens is 2. The first-order chi connectivity index (χ1) is 11.1. The molecule has 1 fully saturated rings. The minimum Gasteiger partial charge on any atom is -0.380 e. The highest BCUT2D eigenvalue weighted by Crippen LogP contribution is 2.20. The summed E-state index contributed by atoms with van der Waals surface area (Å²) < 4.78 is 36.0. The van der Waals surface area contributed by atoms with Gasteiger partial charge in [0.05, 0.1) is 24.4 Å². The lowest BCUT2D eigenvalue weighted by Gasteiger charge is -2.20. The highest BCUT2D eigenvalue weighted by Gasteiger charge is 2.23. The SMILES string of the molecule is C=CCn1cc2ccc(NS(=O)(=O)N3CCCOCC3)cc2n1. The Hall–Kier alpha value is -1.90. The molecule has 0 atom stereocenters.